The Morgan fingerprint density at radius 1 is 1.13 bits per heavy atom. The lowest BCUT2D eigenvalue weighted by Gasteiger charge is -2.29. The number of ketones is 1. The third-order valence-corrected chi connectivity index (χ3v) is 11.5. The lowest BCUT2D eigenvalue weighted by Crippen LogP contribution is -2.58. The Balaban J connectivity index is 1.25. The summed E-state index contributed by atoms with van der Waals surface area (Å²) in [7, 11) is -2.41. The van der Waals surface area contributed by atoms with Gasteiger partial charge in [0.1, 0.15) is 29.5 Å². The van der Waals surface area contributed by atoms with Gasteiger partial charge in [0.2, 0.25) is 33.5 Å². The molecule has 2 aliphatic carbocycles. The molecule has 2 aromatic carbocycles. The summed E-state index contributed by atoms with van der Waals surface area (Å²) in [5, 5.41) is 15.2. The summed E-state index contributed by atoms with van der Waals surface area (Å²) in [4.78, 5) is 71.8. The number of Topliss-reactive ketones (excluding diaryl/α,β-unsaturated/α-hetero) is 1. The van der Waals surface area contributed by atoms with Crippen LogP contribution in [0.3, 0.4) is 0 Å². The molecular formula is C38H39N5O10S. The van der Waals surface area contributed by atoms with Gasteiger partial charge in [0.15, 0.2) is 0 Å². The molecule has 2 saturated carbocycles. The van der Waals surface area contributed by atoms with Crippen molar-refractivity contribution in [2.75, 3.05) is 13.7 Å². The van der Waals surface area contributed by atoms with E-state index in [-0.39, 0.29) is 38.1 Å². The second kappa shape index (κ2) is 15.6. The van der Waals surface area contributed by atoms with Crippen molar-refractivity contribution in [1.82, 2.24) is 25.2 Å². The summed E-state index contributed by atoms with van der Waals surface area (Å²) in [6.45, 7) is 3.53. The van der Waals surface area contributed by atoms with E-state index < -0.39 is 74.5 Å². The highest BCUT2D eigenvalue weighted by Crippen LogP contribution is 2.45. The summed E-state index contributed by atoms with van der Waals surface area (Å²) in [6, 6.07) is 13.1. The van der Waals surface area contributed by atoms with Crippen LogP contribution < -0.4 is 24.8 Å². The number of carbonyl (C=O) groups is 5. The second-order valence-electron chi connectivity index (χ2n) is 13.4. The van der Waals surface area contributed by atoms with Crippen LogP contribution in [0.2, 0.25) is 0 Å². The van der Waals surface area contributed by atoms with Crippen molar-refractivity contribution in [1.29, 1.82) is 0 Å². The summed E-state index contributed by atoms with van der Waals surface area (Å²) in [6.07, 6.45) is 0.902. The van der Waals surface area contributed by atoms with E-state index in [9.17, 15) is 37.5 Å². The quantitative estimate of drug-likeness (QED) is 0.139. The number of benzene rings is 2. The Hall–Kier alpha value is -5.95. The molecule has 282 valence electrons. The molecule has 6 rings (SSSR count). The molecule has 15 nitrogen and oxygen atoms in total. The number of ether oxygens (including phenoxy) is 2. The number of fused-ring (bicyclic) bond motifs is 1. The lowest BCUT2D eigenvalue weighted by atomic mass is 10.1. The van der Waals surface area contributed by atoms with Crippen LogP contribution in [-0.2, 0) is 29.2 Å². The molecule has 5 atom stereocenters. The molecule has 1 saturated heterocycles. The zero-order valence-electron chi connectivity index (χ0n) is 29.3. The number of methoxy groups -OCH3 is 1. The van der Waals surface area contributed by atoms with Gasteiger partial charge in [-0.25, -0.2) is 18.2 Å². The fourth-order valence-electron chi connectivity index (χ4n) is 6.51. The number of sulfonamides is 1. The Kier molecular flexibility index (Phi) is 10.9. The van der Waals surface area contributed by atoms with Crippen LogP contribution in [0.15, 0.2) is 73.4 Å². The van der Waals surface area contributed by atoms with Crippen LogP contribution in [0, 0.1) is 17.8 Å². The Labute approximate surface area is 311 Å². The van der Waals surface area contributed by atoms with Gasteiger partial charge in [-0.05, 0) is 73.4 Å². The van der Waals surface area contributed by atoms with E-state index in [4.69, 9.17) is 9.47 Å². The minimum absolute atomic E-state index is 0.0769. The Bertz CT molecular complexity index is 2160. The van der Waals surface area contributed by atoms with Gasteiger partial charge in [0, 0.05) is 35.9 Å². The first-order valence-corrected chi connectivity index (χ1v) is 18.9. The molecule has 16 heteroatoms. The summed E-state index contributed by atoms with van der Waals surface area (Å²) >= 11 is 0. The maximum Gasteiger partial charge on any atom is 0.405 e. The zero-order valence-corrected chi connectivity index (χ0v) is 30.1. The van der Waals surface area contributed by atoms with Gasteiger partial charge < -0.3 is 30.1 Å². The molecule has 3 aliphatic rings. The minimum atomic E-state index is -3.95. The predicted octanol–water partition coefficient (Wildman–Crippen LogP) is 2.30. The second-order valence-corrected chi connectivity index (χ2v) is 15.4. The summed E-state index contributed by atoms with van der Waals surface area (Å²) < 4.78 is 39.0. The maximum absolute atomic E-state index is 14.2. The number of rotatable bonds is 14. The number of nitrogens with one attached hydrogen (secondary N) is 3. The largest absolute Gasteiger partial charge is 0.497 e. The molecule has 1 aliphatic heterocycles. The van der Waals surface area contributed by atoms with Crippen molar-refractivity contribution in [2.45, 2.75) is 67.5 Å². The van der Waals surface area contributed by atoms with E-state index in [1.54, 1.807) is 54.6 Å². The van der Waals surface area contributed by atoms with Gasteiger partial charge in [-0.15, -0.1) is 6.58 Å². The molecule has 2 unspecified atom stereocenters. The average molecular weight is 758 g/mol. The Morgan fingerprint density at radius 3 is 2.56 bits per heavy atom. The van der Waals surface area contributed by atoms with Crippen molar-refractivity contribution < 1.29 is 47.0 Å². The van der Waals surface area contributed by atoms with Crippen molar-refractivity contribution in [3.8, 4) is 23.5 Å². The van der Waals surface area contributed by atoms with E-state index in [1.807, 2.05) is 0 Å². The number of nitrogens with zero attached hydrogens (tertiary/aromatic N) is 2. The van der Waals surface area contributed by atoms with Crippen molar-refractivity contribution in [3.63, 3.8) is 0 Å². The zero-order chi connectivity index (χ0) is 38.6. The van der Waals surface area contributed by atoms with Crippen LogP contribution in [0.5, 0.6) is 11.6 Å². The lowest BCUT2D eigenvalue weighted by molar-refractivity contribution is -0.141. The monoisotopic (exact) mass is 757 g/mol. The topological polar surface area (TPSA) is 210 Å². The molecule has 54 heavy (non-hydrogen) atoms. The minimum Gasteiger partial charge on any atom is -0.497 e. The van der Waals surface area contributed by atoms with Gasteiger partial charge >= 0.3 is 6.09 Å². The molecule has 0 bridgehead atoms. The van der Waals surface area contributed by atoms with Crippen LogP contribution >= 0.6 is 0 Å². The van der Waals surface area contributed by atoms with Gasteiger partial charge in [-0.1, -0.05) is 30.2 Å². The average Bonchev–Trinajstić information content (AvgIpc) is 4.09. The number of hydrogen-bond donors (Lipinski definition) is 4. The van der Waals surface area contributed by atoms with E-state index >= 15 is 0 Å². The van der Waals surface area contributed by atoms with Gasteiger partial charge in [-0.3, -0.25) is 23.9 Å². The van der Waals surface area contributed by atoms with Crippen LogP contribution in [0.25, 0.3) is 10.8 Å². The third kappa shape index (κ3) is 8.47. The Morgan fingerprint density at radius 2 is 1.89 bits per heavy atom. The van der Waals surface area contributed by atoms with Crippen LogP contribution in [0.4, 0.5) is 4.79 Å². The third-order valence-electron chi connectivity index (χ3n) is 9.69. The molecule has 1 aromatic heterocycles. The first-order valence-electron chi connectivity index (χ1n) is 17.3. The molecule has 2 heterocycles. The molecule has 0 spiro atoms. The van der Waals surface area contributed by atoms with Crippen molar-refractivity contribution in [2.24, 2.45) is 5.92 Å². The molecular weight excluding hydrogens is 719 g/mol. The molecule has 3 aromatic rings. The van der Waals surface area contributed by atoms with Gasteiger partial charge in [-0.2, -0.15) is 0 Å². The maximum atomic E-state index is 14.2. The number of carbonyl (C=O) groups excluding carboxylic acids is 4. The number of pyridine rings is 1. The summed E-state index contributed by atoms with van der Waals surface area (Å²) in [5.74, 6) is 2.44. The standard InChI is InChI=1S/C38H39N5O10S/c1-3-25-21-38(25,36(47)42-54(50,51)29-13-14-29)41-33(45)32-20-28(53-34-30-15-12-27(52-2)19-24(30)17-18-39-34)22-43(32)35(46)31(40-37(48)49)16-11-26(44)10-9-23-7-5-4-6-8-23/h3-8,12,15,17-19,25,28-29,31-32,40H,1,11,13-14,16,20-22H2,2H3,(H,41,45)(H,42,47)(H,48,49)/t25?,28-,31+,32+,38?/m1/s1. The predicted molar refractivity (Wildman–Crippen MR) is 195 cm³/mol. The van der Waals surface area contributed by atoms with Gasteiger partial charge in [0.25, 0.3) is 5.91 Å². The number of aromatic nitrogens is 1. The fourth-order valence-corrected chi connectivity index (χ4v) is 7.87. The SMILES string of the molecule is C=CC1CC1(NC(=O)[C@@H]1C[C@@H](Oc2nccc3cc(OC)ccc23)CN1C(=O)[C@H](CCC(=O)C#Cc1ccccc1)NC(=O)O)C(=O)NS(=O)(=O)C1CC1. The summed E-state index contributed by atoms with van der Waals surface area (Å²) in [5.41, 5.74) is -1.03. The van der Waals surface area contributed by atoms with E-state index in [1.165, 1.54) is 19.4 Å². The number of likely N-dealkylation sites (tertiary alicyclic amines) is 1. The number of amides is 4. The number of carboxylic acid groups (broad SMARTS) is 1. The highest BCUT2D eigenvalue weighted by molar-refractivity contribution is 7.91. The molecule has 3 fully saturated rings. The van der Waals surface area contributed by atoms with Gasteiger partial charge in [0.05, 0.1) is 18.9 Å². The smallest absolute Gasteiger partial charge is 0.405 e. The van der Waals surface area contributed by atoms with E-state index in [0.29, 0.717) is 29.5 Å². The molecule has 4 N–H and O–H groups in total. The first kappa shape index (κ1) is 37.8. The highest BCUT2D eigenvalue weighted by Gasteiger charge is 2.62. The number of hydrogen-bond acceptors (Lipinski definition) is 10. The first-order chi connectivity index (χ1) is 25.8. The van der Waals surface area contributed by atoms with Crippen molar-refractivity contribution >= 4 is 50.4 Å². The fraction of sp³-hybridized carbons (Fsp3) is 0.368. The molecule has 0 radical (unpaired) electrons. The van der Waals surface area contributed by atoms with E-state index in [0.717, 1.165) is 10.3 Å². The van der Waals surface area contributed by atoms with E-state index in [2.05, 4.69) is 38.8 Å². The van der Waals surface area contributed by atoms with Crippen LogP contribution in [-0.4, -0.2) is 95.6 Å². The molecule has 4 amide bonds. The normalized spacial score (nSPS) is 22.2. The highest BCUT2D eigenvalue weighted by atomic mass is 32.2. The van der Waals surface area contributed by atoms with Crippen molar-refractivity contribution in [3.05, 3.63) is 79.0 Å². The van der Waals surface area contributed by atoms with Crippen LogP contribution in [0.1, 0.15) is 44.1 Å².